The number of nitrogens with one attached hydrogen (secondary N) is 1. The van der Waals surface area contributed by atoms with E-state index in [2.05, 4.69) is 30.4 Å². The van der Waals surface area contributed by atoms with Crippen LogP contribution in [0.5, 0.6) is 5.75 Å². The Balaban J connectivity index is 1.68. The maximum Gasteiger partial charge on any atom is 0.119 e. The number of fused-ring (bicyclic) bond motifs is 1. The van der Waals surface area contributed by atoms with Gasteiger partial charge in [0.2, 0.25) is 0 Å². The highest BCUT2D eigenvalue weighted by Crippen LogP contribution is 2.37. The lowest BCUT2D eigenvalue weighted by molar-refractivity contribution is 0.0317. The van der Waals surface area contributed by atoms with Gasteiger partial charge in [0, 0.05) is 13.0 Å². The zero-order chi connectivity index (χ0) is 13.9. The molecule has 0 saturated heterocycles. The highest BCUT2D eigenvalue weighted by atomic mass is 16.5. The Morgan fingerprint density at radius 3 is 2.85 bits per heavy atom. The van der Waals surface area contributed by atoms with Crippen molar-refractivity contribution in [3.8, 4) is 5.75 Å². The molecule has 2 aliphatic rings. The van der Waals surface area contributed by atoms with Crippen LogP contribution in [0.3, 0.4) is 0 Å². The predicted molar refractivity (Wildman–Crippen MR) is 80.2 cm³/mol. The van der Waals surface area contributed by atoms with Crippen LogP contribution in [0.25, 0.3) is 0 Å². The zero-order valence-electron chi connectivity index (χ0n) is 12.5. The lowest BCUT2D eigenvalue weighted by Crippen LogP contribution is -2.31. The van der Waals surface area contributed by atoms with Crippen LogP contribution in [0.4, 0.5) is 0 Å². The summed E-state index contributed by atoms with van der Waals surface area (Å²) in [6.45, 7) is 4.02. The molecule has 1 aromatic carbocycles. The van der Waals surface area contributed by atoms with Crippen molar-refractivity contribution in [3.05, 3.63) is 29.3 Å². The molecular weight excluding hydrogens is 250 g/mol. The Labute approximate surface area is 121 Å². The van der Waals surface area contributed by atoms with Crippen LogP contribution in [0.1, 0.15) is 43.4 Å². The summed E-state index contributed by atoms with van der Waals surface area (Å²) in [4.78, 5) is 0. The van der Waals surface area contributed by atoms with Gasteiger partial charge in [-0.3, -0.25) is 0 Å². The normalized spacial score (nSPS) is 24.7. The molecule has 0 radical (unpaired) electrons. The number of methoxy groups -OCH3 is 1. The standard InChI is InChI=1S/C17H25NO2/c1-3-18-17-15-11-14(19-2)7-6-13(15)10-16(17)20-9-8-12-4-5-12/h6-7,11-12,16-18H,3-5,8-10H2,1-2H3. The van der Waals surface area contributed by atoms with Crippen molar-refractivity contribution < 1.29 is 9.47 Å². The lowest BCUT2D eigenvalue weighted by atomic mass is 10.1. The quantitative estimate of drug-likeness (QED) is 0.829. The van der Waals surface area contributed by atoms with Gasteiger partial charge in [0.1, 0.15) is 5.75 Å². The summed E-state index contributed by atoms with van der Waals surface area (Å²) in [6, 6.07) is 6.70. The number of benzene rings is 1. The first-order valence-electron chi connectivity index (χ1n) is 7.83. The van der Waals surface area contributed by atoms with Crippen LogP contribution < -0.4 is 10.1 Å². The van der Waals surface area contributed by atoms with Gasteiger partial charge in [-0.15, -0.1) is 0 Å². The van der Waals surface area contributed by atoms with Gasteiger partial charge in [0.15, 0.2) is 0 Å². The van der Waals surface area contributed by atoms with Crippen molar-refractivity contribution >= 4 is 0 Å². The minimum atomic E-state index is 0.274. The van der Waals surface area contributed by atoms with E-state index in [1.54, 1.807) is 7.11 Å². The molecule has 0 bridgehead atoms. The first-order chi connectivity index (χ1) is 9.81. The molecule has 1 fully saturated rings. The van der Waals surface area contributed by atoms with E-state index < -0.39 is 0 Å². The van der Waals surface area contributed by atoms with Crippen molar-refractivity contribution in [1.82, 2.24) is 5.32 Å². The second kappa shape index (κ2) is 6.15. The Kier molecular flexibility index (Phi) is 4.27. The zero-order valence-corrected chi connectivity index (χ0v) is 12.5. The highest BCUT2D eigenvalue weighted by Gasteiger charge is 2.33. The molecule has 3 nitrogen and oxygen atoms in total. The third-order valence-electron chi connectivity index (χ3n) is 4.46. The van der Waals surface area contributed by atoms with E-state index in [4.69, 9.17) is 9.47 Å². The fraction of sp³-hybridized carbons (Fsp3) is 0.647. The lowest BCUT2D eigenvalue weighted by Gasteiger charge is -2.22. The minimum Gasteiger partial charge on any atom is -0.497 e. The SMILES string of the molecule is CCNC1c2cc(OC)ccc2CC1OCCC1CC1. The van der Waals surface area contributed by atoms with Crippen LogP contribution in [0.15, 0.2) is 18.2 Å². The summed E-state index contributed by atoms with van der Waals surface area (Å²) < 4.78 is 11.5. The van der Waals surface area contributed by atoms with Gasteiger partial charge in [0.25, 0.3) is 0 Å². The Hall–Kier alpha value is -1.06. The predicted octanol–water partition coefficient (Wildman–Crippen LogP) is 3.09. The molecule has 0 aliphatic heterocycles. The number of likely N-dealkylation sites (N-methyl/N-ethyl adjacent to an activating group) is 1. The number of rotatable bonds is 7. The largest absolute Gasteiger partial charge is 0.497 e. The summed E-state index contributed by atoms with van der Waals surface area (Å²) in [6.07, 6.45) is 5.33. The van der Waals surface area contributed by atoms with Crippen LogP contribution in [-0.4, -0.2) is 26.4 Å². The first kappa shape index (κ1) is 13.9. The van der Waals surface area contributed by atoms with E-state index in [0.29, 0.717) is 6.04 Å². The third-order valence-corrected chi connectivity index (χ3v) is 4.46. The van der Waals surface area contributed by atoms with Gasteiger partial charge in [-0.1, -0.05) is 25.8 Å². The average Bonchev–Trinajstić information content (AvgIpc) is 3.23. The Morgan fingerprint density at radius 1 is 1.30 bits per heavy atom. The van der Waals surface area contributed by atoms with E-state index >= 15 is 0 Å². The van der Waals surface area contributed by atoms with Gasteiger partial charge in [-0.2, -0.15) is 0 Å². The van der Waals surface area contributed by atoms with Crippen LogP contribution in [-0.2, 0) is 11.2 Å². The smallest absolute Gasteiger partial charge is 0.119 e. The summed E-state index contributed by atoms with van der Waals surface area (Å²) >= 11 is 0. The molecule has 2 unspecified atom stereocenters. The summed E-state index contributed by atoms with van der Waals surface area (Å²) in [5.41, 5.74) is 2.75. The van der Waals surface area contributed by atoms with Gasteiger partial charge in [-0.25, -0.2) is 0 Å². The molecule has 0 amide bonds. The van der Waals surface area contributed by atoms with Crippen molar-refractivity contribution in [2.45, 2.75) is 44.8 Å². The second-order valence-electron chi connectivity index (χ2n) is 5.95. The fourth-order valence-corrected chi connectivity index (χ4v) is 3.12. The molecule has 1 aromatic rings. The average molecular weight is 275 g/mol. The second-order valence-corrected chi connectivity index (χ2v) is 5.95. The molecule has 0 heterocycles. The van der Waals surface area contributed by atoms with Crippen molar-refractivity contribution in [2.24, 2.45) is 5.92 Å². The van der Waals surface area contributed by atoms with Gasteiger partial charge < -0.3 is 14.8 Å². The van der Waals surface area contributed by atoms with Crippen LogP contribution >= 0.6 is 0 Å². The van der Waals surface area contributed by atoms with E-state index in [1.807, 2.05) is 0 Å². The third kappa shape index (κ3) is 2.99. The summed E-state index contributed by atoms with van der Waals surface area (Å²) in [5.74, 6) is 1.88. The van der Waals surface area contributed by atoms with E-state index in [-0.39, 0.29) is 6.10 Å². The van der Waals surface area contributed by atoms with Gasteiger partial charge in [0.05, 0.1) is 19.3 Å². The first-order valence-corrected chi connectivity index (χ1v) is 7.83. The molecule has 1 N–H and O–H groups in total. The topological polar surface area (TPSA) is 30.5 Å². The monoisotopic (exact) mass is 275 g/mol. The van der Waals surface area contributed by atoms with E-state index in [0.717, 1.165) is 31.2 Å². The molecule has 2 aliphatic carbocycles. The summed E-state index contributed by atoms with van der Waals surface area (Å²) in [5, 5.41) is 3.58. The number of hydrogen-bond donors (Lipinski definition) is 1. The van der Waals surface area contributed by atoms with E-state index in [9.17, 15) is 0 Å². The fourth-order valence-electron chi connectivity index (χ4n) is 3.12. The molecule has 2 atom stereocenters. The van der Waals surface area contributed by atoms with Gasteiger partial charge >= 0.3 is 0 Å². The highest BCUT2D eigenvalue weighted by molar-refractivity contribution is 5.42. The number of ether oxygens (including phenoxy) is 2. The molecule has 110 valence electrons. The Bertz CT molecular complexity index is 456. The maximum atomic E-state index is 6.17. The van der Waals surface area contributed by atoms with E-state index in [1.165, 1.54) is 30.4 Å². The molecule has 1 saturated carbocycles. The minimum absolute atomic E-state index is 0.274. The van der Waals surface area contributed by atoms with Crippen molar-refractivity contribution in [2.75, 3.05) is 20.3 Å². The maximum absolute atomic E-state index is 6.17. The van der Waals surface area contributed by atoms with Crippen molar-refractivity contribution in [3.63, 3.8) is 0 Å². The molecule has 0 spiro atoms. The molecule has 0 aromatic heterocycles. The van der Waals surface area contributed by atoms with Crippen molar-refractivity contribution in [1.29, 1.82) is 0 Å². The molecule has 3 heteroatoms. The Morgan fingerprint density at radius 2 is 2.15 bits per heavy atom. The molecule has 3 rings (SSSR count). The summed E-state index contributed by atoms with van der Waals surface area (Å²) in [7, 11) is 1.72. The molecule has 20 heavy (non-hydrogen) atoms. The van der Waals surface area contributed by atoms with Crippen LogP contribution in [0.2, 0.25) is 0 Å². The molecular formula is C17H25NO2. The van der Waals surface area contributed by atoms with Crippen LogP contribution in [0, 0.1) is 5.92 Å². The number of hydrogen-bond acceptors (Lipinski definition) is 3. The van der Waals surface area contributed by atoms with Gasteiger partial charge in [-0.05, 0) is 42.1 Å².